The van der Waals surface area contributed by atoms with E-state index in [0.29, 0.717) is 11.1 Å². The predicted octanol–water partition coefficient (Wildman–Crippen LogP) is 8.51. The summed E-state index contributed by atoms with van der Waals surface area (Å²) in [5.41, 5.74) is 9.89. The van der Waals surface area contributed by atoms with Gasteiger partial charge in [0.05, 0.1) is 0 Å². The van der Waals surface area contributed by atoms with Crippen LogP contribution in [-0.4, -0.2) is 0 Å². The fraction of sp³-hybridized carbons (Fsp3) is 0.417. The van der Waals surface area contributed by atoms with Crippen molar-refractivity contribution in [3.63, 3.8) is 0 Å². The average Bonchev–Trinajstić information content (AvgIpc) is 3.66. The van der Waals surface area contributed by atoms with E-state index in [0.717, 1.165) is 48.3 Å². The van der Waals surface area contributed by atoms with Crippen molar-refractivity contribution >= 4 is 0 Å². The van der Waals surface area contributed by atoms with Crippen molar-refractivity contribution in [1.82, 2.24) is 0 Å². The molecule has 0 N–H and O–H groups in total. The molecule has 0 fully saturated rings. The Morgan fingerprint density at radius 2 is 0.930 bits per heavy atom. The minimum absolute atomic E-state index is 0. The van der Waals surface area contributed by atoms with Crippen LogP contribution in [0.4, 0.5) is 26.3 Å². The van der Waals surface area contributed by atoms with E-state index in [2.05, 4.69) is 106 Å². The first-order valence-electron chi connectivity index (χ1n) is 19.3. The zero-order chi connectivity index (χ0) is 40.3. The molecule has 1 unspecified atom stereocenters. The number of benzene rings is 4. The van der Waals surface area contributed by atoms with Gasteiger partial charge >= 0.3 is 336 Å². The molecule has 9 heteroatoms. The first-order valence-corrected chi connectivity index (χ1v) is 22.0. The number of hydrogen-bond donors (Lipinski definition) is 0. The van der Waals surface area contributed by atoms with Gasteiger partial charge in [-0.25, -0.2) is 0 Å². The van der Waals surface area contributed by atoms with Crippen LogP contribution in [0.5, 0.6) is 0 Å². The van der Waals surface area contributed by atoms with Crippen LogP contribution in [0.1, 0.15) is 130 Å². The molecule has 4 aliphatic carbocycles. The predicted molar refractivity (Wildman–Crippen MR) is 207 cm³/mol. The van der Waals surface area contributed by atoms with E-state index in [9.17, 15) is 26.3 Å². The smallest absolute Gasteiger partial charge is 1.00 e. The number of hydrogen-bond acceptors (Lipinski definition) is 0. The molecule has 4 aromatic carbocycles. The van der Waals surface area contributed by atoms with Gasteiger partial charge in [-0.2, -0.15) is 0 Å². The Labute approximate surface area is 358 Å². The summed E-state index contributed by atoms with van der Waals surface area (Å²) in [6.45, 7) is 22.2. The molecule has 1 atom stereocenters. The van der Waals surface area contributed by atoms with Gasteiger partial charge in [0.1, 0.15) is 0 Å². The van der Waals surface area contributed by atoms with Crippen molar-refractivity contribution in [2.24, 2.45) is 11.3 Å². The Morgan fingerprint density at radius 1 is 0.544 bits per heavy atom. The van der Waals surface area contributed by atoms with Gasteiger partial charge in [-0.1, -0.05) is 0 Å². The average molecular weight is 903 g/mol. The van der Waals surface area contributed by atoms with Gasteiger partial charge < -0.3 is 24.8 Å². The van der Waals surface area contributed by atoms with Gasteiger partial charge in [-0.3, -0.25) is 0 Å². The zero-order valence-corrected chi connectivity index (χ0v) is 38.1. The summed E-state index contributed by atoms with van der Waals surface area (Å²) in [5.74, 6) is 0.0644. The molecule has 0 saturated heterocycles. The van der Waals surface area contributed by atoms with E-state index in [1.165, 1.54) is 42.2 Å². The Bertz CT molecular complexity index is 2100. The van der Waals surface area contributed by atoms with Crippen LogP contribution in [0.2, 0.25) is 0 Å². The monoisotopic (exact) mass is 900 g/mol. The number of halogens is 8. The van der Waals surface area contributed by atoms with Crippen LogP contribution in [0, 0.1) is 11.3 Å². The van der Waals surface area contributed by atoms with E-state index in [4.69, 9.17) is 0 Å². The second kappa shape index (κ2) is 15.1. The van der Waals surface area contributed by atoms with Crippen LogP contribution in [0.3, 0.4) is 0 Å². The van der Waals surface area contributed by atoms with Crippen LogP contribution < -0.4 is 24.8 Å². The summed E-state index contributed by atoms with van der Waals surface area (Å²) in [6, 6.07) is 24.7. The summed E-state index contributed by atoms with van der Waals surface area (Å²) >= 11 is -1.62. The van der Waals surface area contributed by atoms with Crippen molar-refractivity contribution in [1.29, 1.82) is 0 Å². The first-order chi connectivity index (χ1) is 25.4. The second-order valence-corrected chi connectivity index (χ2v) is 22.2. The van der Waals surface area contributed by atoms with Crippen molar-refractivity contribution in [3.05, 3.63) is 149 Å². The minimum Gasteiger partial charge on any atom is -1.00 e. The Morgan fingerprint density at radius 3 is 1.26 bits per heavy atom. The summed E-state index contributed by atoms with van der Waals surface area (Å²) in [7, 11) is 0. The SMILES string of the molecule is CCCC1[C]([Zr+2][CH]2c3cc(C(C)(C)C)ccc3-c3ccc(C(C)(C)C)cc32)=C2C(C(C)(C)C)=C1C2(c1ccc(C(F)(F)F)cc1)c1ccc(C(F)(F)F)cc1.[Cl-].[Cl-]. The molecule has 0 aromatic heterocycles. The molecule has 0 radical (unpaired) electrons. The van der Waals surface area contributed by atoms with E-state index in [1.807, 2.05) is 0 Å². The van der Waals surface area contributed by atoms with Gasteiger partial charge in [-0.15, -0.1) is 0 Å². The van der Waals surface area contributed by atoms with Crippen LogP contribution in [0.25, 0.3) is 11.1 Å². The summed E-state index contributed by atoms with van der Waals surface area (Å²) in [5, 5.41) is 0. The molecule has 8 rings (SSSR count). The third kappa shape index (κ3) is 7.58. The van der Waals surface area contributed by atoms with Gasteiger partial charge in [0.25, 0.3) is 0 Å². The fourth-order valence-electron chi connectivity index (χ4n) is 9.29. The van der Waals surface area contributed by atoms with Crippen molar-refractivity contribution < 1.29 is 74.4 Å². The van der Waals surface area contributed by atoms with Crippen molar-refractivity contribution in [3.8, 4) is 11.1 Å². The first kappa shape index (κ1) is 45.5. The number of alkyl halides is 6. The topological polar surface area (TPSA) is 0 Å². The van der Waals surface area contributed by atoms with Gasteiger partial charge in [-0.05, 0) is 0 Å². The molecule has 4 aliphatic rings. The molecule has 57 heavy (non-hydrogen) atoms. The Hall–Kier alpha value is -2.60. The quantitative estimate of drug-likeness (QED) is 0.171. The molecule has 0 amide bonds. The van der Waals surface area contributed by atoms with Crippen LogP contribution in [0.15, 0.2) is 105 Å². The molecule has 0 aliphatic heterocycles. The van der Waals surface area contributed by atoms with Gasteiger partial charge in [0.15, 0.2) is 0 Å². The fourth-order valence-corrected chi connectivity index (χ4v) is 14.3. The molecule has 2 bridgehead atoms. The minimum atomic E-state index is -4.51. The molecule has 0 spiro atoms. The maximum absolute atomic E-state index is 14.0. The molecule has 302 valence electrons. The summed E-state index contributed by atoms with van der Waals surface area (Å²) in [4.78, 5) is 0. The van der Waals surface area contributed by atoms with Crippen molar-refractivity contribution in [2.45, 2.75) is 114 Å². The second-order valence-electron chi connectivity index (χ2n) is 18.8. The zero-order valence-electron chi connectivity index (χ0n) is 34.2. The normalized spacial score (nSPS) is 17.7. The van der Waals surface area contributed by atoms with Crippen molar-refractivity contribution in [2.75, 3.05) is 0 Å². The molecule has 0 heterocycles. The summed E-state index contributed by atoms with van der Waals surface area (Å²) < 4.78 is 85.4. The maximum atomic E-state index is 14.0. The molecule has 0 nitrogen and oxygen atoms in total. The molecule has 4 aromatic rings. The largest absolute Gasteiger partial charge is 1.00 e. The van der Waals surface area contributed by atoms with E-state index in [-0.39, 0.29) is 50.6 Å². The maximum Gasteiger partial charge on any atom is -1.00 e. The molecule has 0 saturated carbocycles. The Balaban J connectivity index is 0.00000310. The number of allylic oxidation sites excluding steroid dienone is 4. The van der Waals surface area contributed by atoms with Crippen LogP contribution >= 0.6 is 0 Å². The van der Waals surface area contributed by atoms with Crippen LogP contribution in [-0.2, 0) is 51.8 Å². The van der Waals surface area contributed by atoms with E-state index < -0.39 is 52.1 Å². The molecular formula is C48H50Cl2F6Zr. The number of rotatable bonds is 6. The standard InChI is InChI=1S/C27H25F6.C21H25.2ClH.Zr/c1-5-6-16-15-21-23(24(2,3)4)22(16)25(21,17-7-11-19(12-8-17)26(28,29)30)18-9-13-20(14-10-18)27(31,32)33;1-20(2,3)16-7-9-18-14(12-16)11-15-13-17(21(4,5)6)8-10-19(15)18;;;/h7-14,16H,5-6H2,1-4H3;7-13H,1-6H3;2*1H;/q;;;;+2/p-2. The van der Waals surface area contributed by atoms with E-state index in [1.54, 1.807) is 24.3 Å². The summed E-state index contributed by atoms with van der Waals surface area (Å²) in [6.07, 6.45) is -7.26. The third-order valence-corrected chi connectivity index (χ3v) is 16.4. The van der Waals surface area contributed by atoms with Gasteiger partial charge in [0.2, 0.25) is 0 Å². The van der Waals surface area contributed by atoms with E-state index >= 15 is 0 Å². The third-order valence-electron chi connectivity index (χ3n) is 11.9. The molecular weight excluding hydrogens is 853 g/mol. The Kier molecular flexibility index (Phi) is 12.1. The number of fused-ring (bicyclic) bond motifs is 4. The van der Waals surface area contributed by atoms with Gasteiger partial charge in [0, 0.05) is 0 Å².